The molecule has 0 atom stereocenters. The van der Waals surface area contributed by atoms with Crippen LogP contribution in [0.2, 0.25) is 0 Å². The molecule has 1 aromatic carbocycles. The van der Waals surface area contributed by atoms with E-state index < -0.39 is 0 Å². The minimum atomic E-state index is 0.197. The highest BCUT2D eigenvalue weighted by Gasteiger charge is 2.21. The lowest BCUT2D eigenvalue weighted by atomic mass is 10.1. The molecule has 0 spiro atoms. The lowest BCUT2D eigenvalue weighted by Crippen LogP contribution is -2.12. The van der Waals surface area contributed by atoms with E-state index in [0.717, 1.165) is 29.7 Å². The summed E-state index contributed by atoms with van der Waals surface area (Å²) in [5, 5.41) is 4.60. The third-order valence-corrected chi connectivity index (χ3v) is 4.78. The summed E-state index contributed by atoms with van der Waals surface area (Å²) in [5.74, 6) is 1.26. The van der Waals surface area contributed by atoms with Gasteiger partial charge in [0.25, 0.3) is 0 Å². The van der Waals surface area contributed by atoms with Crippen LogP contribution >= 0.6 is 0 Å². The van der Waals surface area contributed by atoms with Gasteiger partial charge in [-0.3, -0.25) is 0 Å². The molecular weight excluding hydrogens is 342 g/mol. The molecule has 7 nitrogen and oxygen atoms in total. The van der Waals surface area contributed by atoms with Crippen LogP contribution in [0.3, 0.4) is 0 Å². The van der Waals surface area contributed by atoms with E-state index in [9.17, 15) is 0 Å². The van der Waals surface area contributed by atoms with Crippen LogP contribution in [0.1, 0.15) is 31.2 Å². The molecule has 1 saturated carbocycles. The number of nitrogens with zero attached hydrogens (tertiary/aromatic N) is 4. The number of methoxy groups -OCH3 is 1. The summed E-state index contributed by atoms with van der Waals surface area (Å²) in [4.78, 5) is 8.94. The standard InChI is InChI=1S/C20H23N5O2/c1-26-18-11-10-16(13-22-18)25-19(15-8-6-14(12-21)7-9-15)23-20(24-25)27-17-4-2-3-5-17/h6-11,13,17H,2-5,12,21H2,1H3. The van der Waals surface area contributed by atoms with Crippen molar-refractivity contribution in [2.75, 3.05) is 7.11 Å². The van der Waals surface area contributed by atoms with E-state index in [1.807, 2.05) is 30.3 Å². The van der Waals surface area contributed by atoms with E-state index in [0.29, 0.717) is 24.3 Å². The number of hydrogen-bond donors (Lipinski definition) is 1. The third kappa shape index (κ3) is 3.78. The Kier molecular flexibility index (Phi) is 5.02. The van der Waals surface area contributed by atoms with Crippen molar-refractivity contribution in [1.29, 1.82) is 0 Å². The summed E-state index contributed by atoms with van der Waals surface area (Å²) in [6.07, 6.45) is 6.41. The second-order valence-electron chi connectivity index (χ2n) is 6.61. The monoisotopic (exact) mass is 365 g/mol. The number of pyridine rings is 1. The van der Waals surface area contributed by atoms with E-state index in [2.05, 4.69) is 15.1 Å². The van der Waals surface area contributed by atoms with Gasteiger partial charge in [-0.1, -0.05) is 24.3 Å². The molecule has 0 bridgehead atoms. The Morgan fingerprint density at radius 3 is 2.52 bits per heavy atom. The van der Waals surface area contributed by atoms with Gasteiger partial charge in [0.2, 0.25) is 5.88 Å². The van der Waals surface area contributed by atoms with Crippen LogP contribution in [0.5, 0.6) is 11.9 Å². The number of aromatic nitrogens is 4. The zero-order chi connectivity index (χ0) is 18.6. The smallest absolute Gasteiger partial charge is 0.336 e. The summed E-state index contributed by atoms with van der Waals surface area (Å²) >= 11 is 0. The van der Waals surface area contributed by atoms with Crippen LogP contribution in [0.4, 0.5) is 0 Å². The molecular formula is C20H23N5O2. The normalized spacial score (nSPS) is 14.4. The topological polar surface area (TPSA) is 88.1 Å². The van der Waals surface area contributed by atoms with Gasteiger partial charge in [0.15, 0.2) is 5.82 Å². The van der Waals surface area contributed by atoms with Crippen molar-refractivity contribution in [3.63, 3.8) is 0 Å². The van der Waals surface area contributed by atoms with Crippen LogP contribution < -0.4 is 15.2 Å². The van der Waals surface area contributed by atoms with Crippen molar-refractivity contribution in [1.82, 2.24) is 19.7 Å². The molecule has 1 fully saturated rings. The zero-order valence-corrected chi connectivity index (χ0v) is 15.3. The van der Waals surface area contributed by atoms with E-state index in [1.54, 1.807) is 24.1 Å². The SMILES string of the molecule is COc1ccc(-n2nc(OC3CCCC3)nc2-c2ccc(CN)cc2)cn1. The van der Waals surface area contributed by atoms with Gasteiger partial charge in [0.05, 0.1) is 19.0 Å². The second-order valence-corrected chi connectivity index (χ2v) is 6.61. The molecule has 0 saturated heterocycles. The van der Waals surface area contributed by atoms with Gasteiger partial charge in [-0.15, -0.1) is 5.10 Å². The predicted molar refractivity (Wildman–Crippen MR) is 102 cm³/mol. The van der Waals surface area contributed by atoms with Crippen molar-refractivity contribution in [3.8, 4) is 29.0 Å². The van der Waals surface area contributed by atoms with Gasteiger partial charge < -0.3 is 15.2 Å². The van der Waals surface area contributed by atoms with Crippen LogP contribution in [0.15, 0.2) is 42.6 Å². The summed E-state index contributed by atoms with van der Waals surface area (Å²) < 4.78 is 12.9. The Labute approximate surface area is 158 Å². The van der Waals surface area contributed by atoms with Crippen molar-refractivity contribution < 1.29 is 9.47 Å². The summed E-state index contributed by atoms with van der Waals surface area (Å²) in [6, 6.07) is 12.1. The predicted octanol–water partition coefficient (Wildman–Crippen LogP) is 3.12. The quantitative estimate of drug-likeness (QED) is 0.722. The van der Waals surface area contributed by atoms with Crippen molar-refractivity contribution in [2.45, 2.75) is 38.3 Å². The first-order valence-electron chi connectivity index (χ1n) is 9.20. The van der Waals surface area contributed by atoms with Gasteiger partial charge in [-0.05, 0) is 37.3 Å². The Morgan fingerprint density at radius 1 is 1.11 bits per heavy atom. The van der Waals surface area contributed by atoms with Crippen LogP contribution in [-0.4, -0.2) is 33.0 Å². The minimum absolute atomic E-state index is 0.197. The fraction of sp³-hybridized carbons (Fsp3) is 0.350. The molecule has 3 aromatic rings. The molecule has 0 radical (unpaired) electrons. The number of rotatable bonds is 6. The van der Waals surface area contributed by atoms with Gasteiger partial charge in [-0.2, -0.15) is 4.98 Å². The molecule has 27 heavy (non-hydrogen) atoms. The van der Waals surface area contributed by atoms with E-state index >= 15 is 0 Å². The minimum Gasteiger partial charge on any atom is -0.481 e. The number of ether oxygens (including phenoxy) is 2. The van der Waals surface area contributed by atoms with Gasteiger partial charge in [0.1, 0.15) is 6.10 Å². The largest absolute Gasteiger partial charge is 0.481 e. The number of benzene rings is 1. The lowest BCUT2D eigenvalue weighted by molar-refractivity contribution is 0.192. The fourth-order valence-corrected chi connectivity index (χ4v) is 3.27. The summed E-state index contributed by atoms with van der Waals surface area (Å²) in [7, 11) is 1.59. The average Bonchev–Trinajstić information content (AvgIpc) is 3.38. The van der Waals surface area contributed by atoms with Crippen LogP contribution in [-0.2, 0) is 6.54 Å². The van der Waals surface area contributed by atoms with E-state index in [-0.39, 0.29) is 6.10 Å². The van der Waals surface area contributed by atoms with Crippen LogP contribution in [0.25, 0.3) is 17.1 Å². The van der Waals surface area contributed by atoms with Gasteiger partial charge >= 0.3 is 6.01 Å². The summed E-state index contributed by atoms with van der Waals surface area (Å²) in [6.45, 7) is 0.505. The Hall–Kier alpha value is -2.93. The highest BCUT2D eigenvalue weighted by molar-refractivity contribution is 5.59. The zero-order valence-electron chi connectivity index (χ0n) is 15.3. The Bertz CT molecular complexity index is 819. The lowest BCUT2D eigenvalue weighted by Gasteiger charge is -2.08. The fourth-order valence-electron chi connectivity index (χ4n) is 3.27. The van der Waals surface area contributed by atoms with Gasteiger partial charge in [0, 0.05) is 18.2 Å². The molecule has 2 aromatic heterocycles. The molecule has 4 rings (SSSR count). The molecule has 2 heterocycles. The van der Waals surface area contributed by atoms with E-state index in [4.69, 9.17) is 15.2 Å². The molecule has 0 amide bonds. The van der Waals surface area contributed by atoms with Crippen molar-refractivity contribution in [2.24, 2.45) is 5.73 Å². The Morgan fingerprint density at radius 2 is 1.89 bits per heavy atom. The molecule has 0 aliphatic heterocycles. The maximum Gasteiger partial charge on any atom is 0.336 e. The molecule has 7 heteroatoms. The van der Waals surface area contributed by atoms with Crippen LogP contribution in [0, 0.1) is 0 Å². The van der Waals surface area contributed by atoms with Crippen molar-refractivity contribution in [3.05, 3.63) is 48.2 Å². The number of hydrogen-bond acceptors (Lipinski definition) is 6. The first-order chi connectivity index (χ1) is 13.3. The molecule has 1 aliphatic rings. The maximum absolute atomic E-state index is 6.02. The average molecular weight is 365 g/mol. The maximum atomic E-state index is 6.02. The summed E-state index contributed by atoms with van der Waals surface area (Å²) in [5.41, 5.74) is 8.51. The first-order valence-corrected chi connectivity index (χ1v) is 9.20. The second kappa shape index (κ2) is 7.75. The van der Waals surface area contributed by atoms with Gasteiger partial charge in [-0.25, -0.2) is 9.67 Å². The number of nitrogens with two attached hydrogens (primary N) is 1. The molecule has 2 N–H and O–H groups in total. The van der Waals surface area contributed by atoms with E-state index in [1.165, 1.54) is 12.8 Å². The van der Waals surface area contributed by atoms with Crippen molar-refractivity contribution >= 4 is 0 Å². The molecule has 0 unspecified atom stereocenters. The first kappa shape index (κ1) is 17.5. The highest BCUT2D eigenvalue weighted by Crippen LogP contribution is 2.27. The third-order valence-electron chi connectivity index (χ3n) is 4.78. The Balaban J connectivity index is 1.72. The highest BCUT2D eigenvalue weighted by atomic mass is 16.5. The molecule has 1 aliphatic carbocycles. The molecule has 140 valence electrons.